The van der Waals surface area contributed by atoms with Crippen LogP contribution in [-0.2, 0) is 9.84 Å². The Balaban J connectivity index is 2.65. The second-order valence-electron chi connectivity index (χ2n) is 3.42. The molecule has 17 heavy (non-hydrogen) atoms. The summed E-state index contributed by atoms with van der Waals surface area (Å²) in [5, 5.41) is 2.63. The highest BCUT2D eigenvalue weighted by Gasteiger charge is 2.09. The van der Waals surface area contributed by atoms with E-state index in [4.69, 9.17) is 23.2 Å². The van der Waals surface area contributed by atoms with Gasteiger partial charge >= 0.3 is 0 Å². The molecule has 0 aliphatic carbocycles. The molecular formula is C10H12Cl2FNO2S. The molecule has 7 heteroatoms. The number of hydrogen-bond acceptors (Lipinski definition) is 3. The van der Waals surface area contributed by atoms with Crippen molar-refractivity contribution in [1.29, 1.82) is 0 Å². The van der Waals surface area contributed by atoms with E-state index in [-0.39, 0.29) is 28.1 Å². The largest absolute Gasteiger partial charge is 0.384 e. The third-order valence-corrected chi connectivity index (χ3v) is 4.42. The second kappa shape index (κ2) is 5.89. The normalized spacial score (nSPS) is 11.5. The minimum Gasteiger partial charge on any atom is -0.384 e. The van der Waals surface area contributed by atoms with Crippen molar-refractivity contribution in [3.05, 3.63) is 28.0 Å². The Morgan fingerprint density at radius 1 is 1.29 bits per heavy atom. The van der Waals surface area contributed by atoms with Crippen LogP contribution in [0.2, 0.25) is 10.0 Å². The van der Waals surface area contributed by atoms with Gasteiger partial charge < -0.3 is 5.32 Å². The van der Waals surface area contributed by atoms with Crippen LogP contribution in [0.5, 0.6) is 0 Å². The van der Waals surface area contributed by atoms with Crippen molar-refractivity contribution < 1.29 is 12.8 Å². The minimum absolute atomic E-state index is 0.0100. The number of rotatable bonds is 5. The average molecular weight is 300 g/mol. The van der Waals surface area contributed by atoms with Gasteiger partial charge in [-0.2, -0.15) is 0 Å². The predicted molar refractivity (Wildman–Crippen MR) is 69.2 cm³/mol. The van der Waals surface area contributed by atoms with Crippen LogP contribution in [-0.4, -0.2) is 26.5 Å². The Morgan fingerprint density at radius 3 is 2.29 bits per heavy atom. The minimum atomic E-state index is -3.02. The van der Waals surface area contributed by atoms with E-state index in [2.05, 4.69) is 5.32 Å². The fourth-order valence-electron chi connectivity index (χ4n) is 1.15. The van der Waals surface area contributed by atoms with Gasteiger partial charge in [-0.05, 0) is 12.1 Å². The van der Waals surface area contributed by atoms with E-state index in [0.29, 0.717) is 5.69 Å². The van der Waals surface area contributed by atoms with Crippen molar-refractivity contribution in [1.82, 2.24) is 0 Å². The fourth-order valence-corrected chi connectivity index (χ4v) is 2.34. The summed E-state index contributed by atoms with van der Waals surface area (Å²) in [7, 11) is -3.02. The zero-order valence-electron chi connectivity index (χ0n) is 9.13. The molecule has 1 rings (SSSR count). The number of benzene rings is 1. The van der Waals surface area contributed by atoms with E-state index < -0.39 is 15.7 Å². The summed E-state index contributed by atoms with van der Waals surface area (Å²) in [6.07, 6.45) is 0. The molecule has 0 radical (unpaired) electrons. The lowest BCUT2D eigenvalue weighted by Crippen LogP contribution is -2.17. The molecule has 1 aromatic rings. The van der Waals surface area contributed by atoms with Crippen molar-refractivity contribution in [3.63, 3.8) is 0 Å². The van der Waals surface area contributed by atoms with Crippen LogP contribution in [0.15, 0.2) is 12.1 Å². The van der Waals surface area contributed by atoms with Gasteiger partial charge in [-0.3, -0.25) is 0 Å². The van der Waals surface area contributed by atoms with Gasteiger partial charge in [0.05, 0.1) is 15.8 Å². The first kappa shape index (κ1) is 14.5. The third kappa shape index (κ3) is 4.33. The molecular weight excluding hydrogens is 288 g/mol. The predicted octanol–water partition coefficient (Wildman–Crippen LogP) is 2.98. The van der Waals surface area contributed by atoms with Gasteiger partial charge in [-0.1, -0.05) is 30.1 Å². The lowest BCUT2D eigenvalue weighted by Gasteiger charge is -2.08. The highest BCUT2D eigenvalue weighted by molar-refractivity contribution is 7.91. The molecule has 0 spiro atoms. The van der Waals surface area contributed by atoms with Gasteiger partial charge in [0.15, 0.2) is 15.7 Å². The smallest absolute Gasteiger partial charge is 0.160 e. The van der Waals surface area contributed by atoms with Crippen LogP contribution in [0.3, 0.4) is 0 Å². The molecule has 0 aliphatic rings. The van der Waals surface area contributed by atoms with Gasteiger partial charge in [0.1, 0.15) is 0 Å². The summed E-state index contributed by atoms with van der Waals surface area (Å²) in [5.41, 5.74) is 0.493. The number of hydrogen-bond donors (Lipinski definition) is 1. The van der Waals surface area contributed by atoms with Crippen molar-refractivity contribution in [3.8, 4) is 0 Å². The zero-order valence-corrected chi connectivity index (χ0v) is 11.5. The van der Waals surface area contributed by atoms with Gasteiger partial charge in [-0.25, -0.2) is 12.8 Å². The summed E-state index contributed by atoms with van der Waals surface area (Å²) < 4.78 is 35.5. The molecule has 0 bridgehead atoms. The molecule has 0 aromatic heterocycles. The molecule has 3 nitrogen and oxygen atoms in total. The van der Waals surface area contributed by atoms with E-state index in [1.165, 1.54) is 12.1 Å². The van der Waals surface area contributed by atoms with Crippen LogP contribution in [0, 0.1) is 5.82 Å². The molecule has 96 valence electrons. The summed E-state index contributed by atoms with van der Waals surface area (Å²) in [4.78, 5) is 0. The Morgan fingerprint density at radius 2 is 1.82 bits per heavy atom. The first-order valence-corrected chi connectivity index (χ1v) is 7.52. The van der Waals surface area contributed by atoms with E-state index >= 15 is 0 Å². The van der Waals surface area contributed by atoms with E-state index in [0.717, 1.165) is 0 Å². The monoisotopic (exact) mass is 299 g/mol. The number of anilines is 1. The second-order valence-corrected chi connectivity index (χ2v) is 6.70. The molecule has 0 saturated carbocycles. The number of sulfone groups is 1. The van der Waals surface area contributed by atoms with E-state index in [9.17, 15) is 12.8 Å². The highest BCUT2D eigenvalue weighted by atomic mass is 35.5. The number of halogens is 3. The summed E-state index contributed by atoms with van der Waals surface area (Å²) in [5.74, 6) is -0.574. The third-order valence-electron chi connectivity index (χ3n) is 2.17. The van der Waals surface area contributed by atoms with Crippen LogP contribution in [0.25, 0.3) is 0 Å². The maximum Gasteiger partial charge on any atom is 0.160 e. The Bertz CT molecular complexity index is 482. The summed E-state index contributed by atoms with van der Waals surface area (Å²) in [6, 6.07) is 2.72. The molecule has 0 fully saturated rings. The van der Waals surface area contributed by atoms with Crippen molar-refractivity contribution in [2.24, 2.45) is 0 Å². The van der Waals surface area contributed by atoms with Gasteiger partial charge in [0, 0.05) is 18.0 Å². The molecule has 0 saturated heterocycles. The van der Waals surface area contributed by atoms with Crippen LogP contribution in [0.4, 0.5) is 10.1 Å². The Kier molecular flexibility index (Phi) is 5.04. The summed E-state index contributed by atoms with van der Waals surface area (Å²) >= 11 is 11.2. The van der Waals surface area contributed by atoms with Crippen LogP contribution >= 0.6 is 23.2 Å². The summed E-state index contributed by atoms with van der Waals surface area (Å²) in [6.45, 7) is 1.81. The van der Waals surface area contributed by atoms with Crippen molar-refractivity contribution >= 4 is 38.7 Å². The molecule has 0 aliphatic heterocycles. The maximum atomic E-state index is 13.1. The molecule has 0 amide bonds. The van der Waals surface area contributed by atoms with Crippen molar-refractivity contribution in [2.75, 3.05) is 23.4 Å². The SMILES string of the molecule is CCS(=O)(=O)CCNc1cc(Cl)c(F)c(Cl)c1. The lowest BCUT2D eigenvalue weighted by atomic mass is 10.3. The molecule has 0 unspecified atom stereocenters. The molecule has 0 heterocycles. The number of nitrogens with one attached hydrogen (secondary N) is 1. The Labute approximate surface area is 110 Å². The fraction of sp³-hybridized carbons (Fsp3) is 0.400. The lowest BCUT2D eigenvalue weighted by molar-refractivity contribution is 0.597. The van der Waals surface area contributed by atoms with E-state index in [1.54, 1.807) is 6.92 Å². The topological polar surface area (TPSA) is 46.2 Å². The zero-order chi connectivity index (χ0) is 13.1. The Hall–Kier alpha value is -0.520. The first-order valence-electron chi connectivity index (χ1n) is 4.94. The average Bonchev–Trinajstić information content (AvgIpc) is 2.25. The quantitative estimate of drug-likeness (QED) is 0.850. The standard InChI is InChI=1S/C10H12Cl2FNO2S/c1-2-17(15,16)4-3-14-7-5-8(11)10(13)9(12)6-7/h5-6,14H,2-4H2,1H3. The van der Waals surface area contributed by atoms with E-state index in [1.807, 2.05) is 0 Å². The molecule has 1 N–H and O–H groups in total. The van der Waals surface area contributed by atoms with Crippen LogP contribution in [0.1, 0.15) is 6.92 Å². The highest BCUT2D eigenvalue weighted by Crippen LogP contribution is 2.27. The maximum absolute atomic E-state index is 13.1. The first-order chi connectivity index (χ1) is 7.85. The molecule has 0 atom stereocenters. The van der Waals surface area contributed by atoms with Gasteiger partial charge in [-0.15, -0.1) is 0 Å². The molecule has 1 aromatic carbocycles. The van der Waals surface area contributed by atoms with Gasteiger partial charge in [0.2, 0.25) is 0 Å². The van der Waals surface area contributed by atoms with Gasteiger partial charge in [0.25, 0.3) is 0 Å². The van der Waals surface area contributed by atoms with Crippen LogP contribution < -0.4 is 5.32 Å². The van der Waals surface area contributed by atoms with Crippen molar-refractivity contribution in [2.45, 2.75) is 6.92 Å².